The third-order valence-corrected chi connectivity index (χ3v) is 4.49. The smallest absolute Gasteiger partial charge is 0.255 e. The average Bonchev–Trinajstić information content (AvgIpc) is 2.84. The molecule has 21 heavy (non-hydrogen) atoms. The van der Waals surface area contributed by atoms with Gasteiger partial charge in [-0.15, -0.1) is 0 Å². The van der Waals surface area contributed by atoms with Crippen LogP contribution in [0.3, 0.4) is 0 Å². The molecular formula is C17H25N3O. The molecule has 3 rings (SSSR count). The lowest BCUT2D eigenvalue weighted by Crippen LogP contribution is -2.44. The molecule has 0 atom stereocenters. The number of nitrogens with zero attached hydrogens (tertiary/aromatic N) is 2. The van der Waals surface area contributed by atoms with Crippen LogP contribution in [-0.4, -0.2) is 50.1 Å². The zero-order chi connectivity index (χ0) is 14.5. The van der Waals surface area contributed by atoms with Crippen molar-refractivity contribution in [1.82, 2.24) is 10.2 Å². The van der Waals surface area contributed by atoms with Crippen molar-refractivity contribution in [2.75, 3.05) is 44.2 Å². The van der Waals surface area contributed by atoms with Crippen molar-refractivity contribution in [3.8, 4) is 0 Å². The largest absolute Gasteiger partial charge is 0.368 e. The first-order valence-corrected chi connectivity index (χ1v) is 8.20. The van der Waals surface area contributed by atoms with E-state index in [1.165, 1.54) is 12.8 Å². The van der Waals surface area contributed by atoms with E-state index in [0.29, 0.717) is 0 Å². The fourth-order valence-electron chi connectivity index (χ4n) is 3.28. The predicted molar refractivity (Wildman–Crippen MR) is 85.9 cm³/mol. The number of rotatable bonds is 2. The topological polar surface area (TPSA) is 35.6 Å². The van der Waals surface area contributed by atoms with Gasteiger partial charge in [-0.3, -0.25) is 4.79 Å². The highest BCUT2D eigenvalue weighted by molar-refractivity contribution is 5.99. The number of hydrogen-bond acceptors (Lipinski definition) is 3. The van der Waals surface area contributed by atoms with E-state index in [1.807, 2.05) is 23.1 Å². The van der Waals surface area contributed by atoms with Gasteiger partial charge in [0.2, 0.25) is 0 Å². The minimum atomic E-state index is 0.214. The molecule has 0 spiro atoms. The van der Waals surface area contributed by atoms with Crippen molar-refractivity contribution >= 4 is 11.6 Å². The Balaban J connectivity index is 1.81. The van der Waals surface area contributed by atoms with Crippen LogP contribution in [0.5, 0.6) is 0 Å². The number of anilines is 1. The van der Waals surface area contributed by atoms with E-state index in [4.69, 9.17) is 0 Å². The molecule has 0 aliphatic carbocycles. The van der Waals surface area contributed by atoms with Gasteiger partial charge >= 0.3 is 0 Å². The highest BCUT2D eigenvalue weighted by Gasteiger charge is 2.22. The number of piperazine rings is 1. The molecule has 2 fully saturated rings. The van der Waals surface area contributed by atoms with Crippen molar-refractivity contribution in [1.29, 1.82) is 0 Å². The molecular weight excluding hydrogens is 262 g/mol. The minimum absolute atomic E-state index is 0.214. The molecule has 1 N–H and O–H groups in total. The van der Waals surface area contributed by atoms with E-state index < -0.39 is 0 Å². The third-order valence-electron chi connectivity index (χ3n) is 4.49. The number of para-hydroxylation sites is 1. The maximum atomic E-state index is 12.9. The Bertz CT molecular complexity index is 475. The second-order valence-electron chi connectivity index (χ2n) is 5.96. The Kier molecular flexibility index (Phi) is 4.76. The van der Waals surface area contributed by atoms with Gasteiger partial charge in [0.05, 0.1) is 5.56 Å². The zero-order valence-electron chi connectivity index (χ0n) is 12.7. The van der Waals surface area contributed by atoms with Crippen molar-refractivity contribution in [2.45, 2.75) is 25.7 Å². The van der Waals surface area contributed by atoms with Crippen LogP contribution in [0.25, 0.3) is 0 Å². The number of carbonyl (C=O) groups excluding carboxylic acids is 1. The van der Waals surface area contributed by atoms with Crippen LogP contribution in [0.15, 0.2) is 24.3 Å². The standard InChI is InChI=1S/C17H25N3O/c21-17(20-11-5-1-2-6-12-20)15-7-3-4-8-16(15)19-13-9-18-10-14-19/h3-4,7-8,18H,1-2,5-6,9-14H2. The van der Waals surface area contributed by atoms with Gasteiger partial charge in [-0.05, 0) is 25.0 Å². The lowest BCUT2D eigenvalue weighted by molar-refractivity contribution is 0.0762. The molecule has 0 unspecified atom stereocenters. The van der Waals surface area contributed by atoms with Crippen LogP contribution in [0.2, 0.25) is 0 Å². The van der Waals surface area contributed by atoms with Gasteiger partial charge in [-0.1, -0.05) is 25.0 Å². The van der Waals surface area contributed by atoms with Gasteiger partial charge in [0.15, 0.2) is 0 Å². The number of benzene rings is 1. The Labute approximate surface area is 127 Å². The van der Waals surface area contributed by atoms with E-state index in [2.05, 4.69) is 16.3 Å². The Morgan fingerprint density at radius 2 is 1.57 bits per heavy atom. The molecule has 1 aromatic rings. The maximum absolute atomic E-state index is 12.9. The molecule has 4 heteroatoms. The van der Waals surface area contributed by atoms with Crippen LogP contribution in [0.1, 0.15) is 36.0 Å². The molecule has 2 heterocycles. The normalized spacial score (nSPS) is 20.2. The number of nitrogens with one attached hydrogen (secondary N) is 1. The van der Waals surface area contributed by atoms with E-state index in [9.17, 15) is 4.79 Å². The van der Waals surface area contributed by atoms with E-state index in [-0.39, 0.29) is 5.91 Å². The Morgan fingerprint density at radius 1 is 0.905 bits per heavy atom. The molecule has 0 bridgehead atoms. The monoisotopic (exact) mass is 287 g/mol. The van der Waals surface area contributed by atoms with Gasteiger partial charge < -0.3 is 15.1 Å². The summed E-state index contributed by atoms with van der Waals surface area (Å²) in [5.41, 5.74) is 1.98. The van der Waals surface area contributed by atoms with Crippen molar-refractivity contribution in [3.63, 3.8) is 0 Å². The summed E-state index contributed by atoms with van der Waals surface area (Å²) < 4.78 is 0. The average molecular weight is 287 g/mol. The lowest BCUT2D eigenvalue weighted by Gasteiger charge is -2.32. The van der Waals surface area contributed by atoms with Crippen molar-refractivity contribution in [3.05, 3.63) is 29.8 Å². The van der Waals surface area contributed by atoms with Gasteiger partial charge in [-0.25, -0.2) is 0 Å². The summed E-state index contributed by atoms with van der Waals surface area (Å²) in [6.07, 6.45) is 4.79. The van der Waals surface area contributed by atoms with Gasteiger partial charge in [0, 0.05) is 45.0 Å². The van der Waals surface area contributed by atoms with Crippen LogP contribution in [-0.2, 0) is 0 Å². The summed E-state index contributed by atoms with van der Waals surface area (Å²) in [6.45, 7) is 5.76. The van der Waals surface area contributed by atoms with Crippen molar-refractivity contribution < 1.29 is 4.79 Å². The van der Waals surface area contributed by atoms with Crippen LogP contribution < -0.4 is 10.2 Å². The van der Waals surface area contributed by atoms with E-state index in [0.717, 1.165) is 63.4 Å². The van der Waals surface area contributed by atoms with E-state index in [1.54, 1.807) is 0 Å². The van der Waals surface area contributed by atoms with Crippen LogP contribution in [0.4, 0.5) is 5.69 Å². The zero-order valence-corrected chi connectivity index (χ0v) is 12.7. The first kappa shape index (κ1) is 14.4. The summed E-state index contributed by atoms with van der Waals surface area (Å²) in [7, 11) is 0. The minimum Gasteiger partial charge on any atom is -0.368 e. The fourth-order valence-corrected chi connectivity index (χ4v) is 3.28. The molecule has 4 nitrogen and oxygen atoms in total. The highest BCUT2D eigenvalue weighted by atomic mass is 16.2. The fraction of sp³-hybridized carbons (Fsp3) is 0.588. The molecule has 1 amide bonds. The molecule has 2 saturated heterocycles. The van der Waals surface area contributed by atoms with Crippen LogP contribution >= 0.6 is 0 Å². The Morgan fingerprint density at radius 3 is 2.29 bits per heavy atom. The van der Waals surface area contributed by atoms with E-state index >= 15 is 0 Å². The van der Waals surface area contributed by atoms with Crippen molar-refractivity contribution in [2.24, 2.45) is 0 Å². The van der Waals surface area contributed by atoms with Gasteiger partial charge in [0.1, 0.15) is 0 Å². The molecule has 1 aromatic carbocycles. The lowest BCUT2D eigenvalue weighted by atomic mass is 10.1. The highest BCUT2D eigenvalue weighted by Crippen LogP contribution is 2.23. The summed E-state index contributed by atoms with van der Waals surface area (Å²) in [6, 6.07) is 8.11. The number of carbonyl (C=O) groups is 1. The molecule has 2 aliphatic rings. The first-order valence-electron chi connectivity index (χ1n) is 8.20. The number of hydrogen-bond donors (Lipinski definition) is 1. The number of likely N-dealkylation sites (tertiary alicyclic amines) is 1. The third kappa shape index (κ3) is 3.38. The van der Waals surface area contributed by atoms with Gasteiger partial charge in [-0.2, -0.15) is 0 Å². The first-order chi connectivity index (χ1) is 10.4. The quantitative estimate of drug-likeness (QED) is 0.905. The molecule has 0 saturated carbocycles. The maximum Gasteiger partial charge on any atom is 0.255 e. The SMILES string of the molecule is O=C(c1ccccc1N1CCNCC1)N1CCCCCC1. The number of amides is 1. The Hall–Kier alpha value is -1.55. The molecule has 0 aromatic heterocycles. The molecule has 0 radical (unpaired) electrons. The molecule has 2 aliphatic heterocycles. The summed E-state index contributed by atoms with van der Waals surface area (Å²) in [5.74, 6) is 0.214. The second-order valence-corrected chi connectivity index (χ2v) is 5.96. The summed E-state index contributed by atoms with van der Waals surface area (Å²) in [4.78, 5) is 17.3. The summed E-state index contributed by atoms with van der Waals surface area (Å²) in [5, 5.41) is 3.37. The van der Waals surface area contributed by atoms with Gasteiger partial charge in [0.25, 0.3) is 5.91 Å². The molecule has 114 valence electrons. The second kappa shape index (κ2) is 6.94. The predicted octanol–water partition coefficient (Wildman–Crippen LogP) is 2.11. The van der Waals surface area contributed by atoms with Crippen LogP contribution in [0, 0.1) is 0 Å². The summed E-state index contributed by atoms with van der Waals surface area (Å²) >= 11 is 0.